The van der Waals surface area contributed by atoms with Gasteiger partial charge in [-0.05, 0) is 36.9 Å². The van der Waals surface area contributed by atoms with Gasteiger partial charge in [-0.2, -0.15) is 0 Å². The van der Waals surface area contributed by atoms with Crippen LogP contribution < -0.4 is 10.6 Å². The van der Waals surface area contributed by atoms with E-state index in [1.807, 2.05) is 18.4 Å². The number of rotatable bonds is 6. The summed E-state index contributed by atoms with van der Waals surface area (Å²) in [5, 5.41) is 5.41. The van der Waals surface area contributed by atoms with E-state index in [4.69, 9.17) is 4.74 Å². The highest BCUT2D eigenvalue weighted by Crippen LogP contribution is 2.17. The first-order valence-electron chi connectivity index (χ1n) is 7.59. The minimum absolute atomic E-state index is 0.0176. The van der Waals surface area contributed by atoms with Crippen molar-refractivity contribution < 1.29 is 14.3 Å². The summed E-state index contributed by atoms with van der Waals surface area (Å²) < 4.78 is 5.05. The lowest BCUT2D eigenvalue weighted by Gasteiger charge is -2.16. The normalized spacial score (nSPS) is 17.9. The predicted octanol–water partition coefficient (Wildman–Crippen LogP) is 1.18. The first-order chi connectivity index (χ1) is 11.1. The molecule has 1 unspecified atom stereocenters. The third kappa shape index (κ3) is 5.53. The summed E-state index contributed by atoms with van der Waals surface area (Å²) in [5.74, 6) is -1.21. The molecule has 2 rings (SSSR count). The Bertz CT molecular complexity index is 536. The van der Waals surface area contributed by atoms with Crippen LogP contribution in [0.4, 0.5) is 5.69 Å². The summed E-state index contributed by atoms with van der Waals surface area (Å²) in [6, 6.07) is 7.41. The molecule has 0 bridgehead atoms. The van der Waals surface area contributed by atoms with Gasteiger partial charge >= 0.3 is 11.8 Å². The Hall–Kier alpha value is -1.57. The van der Waals surface area contributed by atoms with E-state index in [0.29, 0.717) is 12.3 Å². The average molecular weight is 337 g/mol. The number of hydrogen-bond acceptors (Lipinski definition) is 5. The molecule has 1 atom stereocenters. The minimum Gasteiger partial charge on any atom is -0.383 e. The van der Waals surface area contributed by atoms with Crippen molar-refractivity contribution in [2.45, 2.75) is 17.4 Å². The van der Waals surface area contributed by atoms with Crippen molar-refractivity contribution in [3.8, 4) is 0 Å². The van der Waals surface area contributed by atoms with Gasteiger partial charge in [0.15, 0.2) is 0 Å². The smallest absolute Gasteiger partial charge is 0.313 e. The fourth-order valence-corrected chi connectivity index (χ4v) is 2.90. The number of nitrogens with one attached hydrogen (secondary N) is 2. The van der Waals surface area contributed by atoms with E-state index in [9.17, 15) is 9.59 Å². The standard InChI is InChI=1S/C16H23N3O3S/c1-22-10-9-19-8-7-13(11-19)18-16(21)15(20)17-12-3-5-14(23-2)6-4-12/h3-6,13H,7-11H2,1-2H3,(H,17,20)(H,18,21). The van der Waals surface area contributed by atoms with Crippen LogP contribution in [0.2, 0.25) is 0 Å². The van der Waals surface area contributed by atoms with Crippen molar-refractivity contribution in [3.63, 3.8) is 0 Å². The highest BCUT2D eigenvalue weighted by molar-refractivity contribution is 7.98. The lowest BCUT2D eigenvalue weighted by atomic mass is 10.2. The number of hydrogen-bond donors (Lipinski definition) is 2. The summed E-state index contributed by atoms with van der Waals surface area (Å²) in [4.78, 5) is 27.2. The van der Waals surface area contributed by atoms with E-state index in [0.717, 1.165) is 31.0 Å². The van der Waals surface area contributed by atoms with E-state index in [1.165, 1.54) is 0 Å². The van der Waals surface area contributed by atoms with Gasteiger partial charge in [-0.15, -0.1) is 11.8 Å². The Morgan fingerprint density at radius 1 is 1.30 bits per heavy atom. The Kier molecular flexibility index (Phi) is 6.88. The molecule has 6 nitrogen and oxygen atoms in total. The lowest BCUT2D eigenvalue weighted by molar-refractivity contribution is -0.136. The Balaban J connectivity index is 1.77. The molecule has 1 aliphatic heterocycles. The molecule has 1 fully saturated rings. The summed E-state index contributed by atoms with van der Waals surface area (Å²) >= 11 is 1.62. The van der Waals surface area contributed by atoms with Gasteiger partial charge < -0.3 is 15.4 Å². The summed E-state index contributed by atoms with van der Waals surface area (Å²) in [6.45, 7) is 3.18. The fraction of sp³-hybridized carbons (Fsp3) is 0.500. The molecule has 1 aromatic rings. The Morgan fingerprint density at radius 3 is 2.70 bits per heavy atom. The number of nitrogens with zero attached hydrogens (tertiary/aromatic N) is 1. The van der Waals surface area contributed by atoms with E-state index < -0.39 is 11.8 Å². The second-order valence-corrected chi connectivity index (χ2v) is 6.31. The number of methoxy groups -OCH3 is 1. The molecular formula is C16H23N3O3S. The highest BCUT2D eigenvalue weighted by atomic mass is 32.2. The Labute approximate surface area is 140 Å². The number of likely N-dealkylation sites (tertiary alicyclic amines) is 1. The van der Waals surface area contributed by atoms with Gasteiger partial charge in [0.2, 0.25) is 0 Å². The molecule has 1 heterocycles. The zero-order chi connectivity index (χ0) is 16.7. The largest absolute Gasteiger partial charge is 0.383 e. The van der Waals surface area contributed by atoms with Crippen molar-refractivity contribution in [1.29, 1.82) is 0 Å². The molecule has 0 saturated carbocycles. The molecule has 1 aliphatic rings. The number of benzene rings is 1. The molecule has 0 radical (unpaired) electrons. The molecule has 7 heteroatoms. The van der Waals surface area contributed by atoms with Gasteiger partial charge in [-0.3, -0.25) is 14.5 Å². The lowest BCUT2D eigenvalue weighted by Crippen LogP contribution is -2.43. The van der Waals surface area contributed by atoms with Crippen LogP contribution in [0.3, 0.4) is 0 Å². The summed E-state index contributed by atoms with van der Waals surface area (Å²) in [7, 11) is 1.67. The van der Waals surface area contributed by atoms with Gasteiger partial charge in [-0.25, -0.2) is 0 Å². The predicted molar refractivity (Wildman–Crippen MR) is 91.7 cm³/mol. The van der Waals surface area contributed by atoms with Crippen molar-refractivity contribution in [1.82, 2.24) is 10.2 Å². The summed E-state index contributed by atoms with van der Waals surface area (Å²) in [5.41, 5.74) is 0.621. The maximum absolute atomic E-state index is 12.0. The number of carbonyl (C=O) groups is 2. The second kappa shape index (κ2) is 8.90. The SMILES string of the molecule is COCCN1CCC(NC(=O)C(=O)Nc2ccc(SC)cc2)C1. The van der Waals surface area contributed by atoms with Crippen molar-refractivity contribution in [3.05, 3.63) is 24.3 Å². The van der Waals surface area contributed by atoms with Crippen LogP contribution in [-0.4, -0.2) is 62.4 Å². The van der Waals surface area contributed by atoms with Crippen LogP contribution >= 0.6 is 11.8 Å². The molecule has 0 aliphatic carbocycles. The van der Waals surface area contributed by atoms with Crippen LogP contribution in [0.15, 0.2) is 29.2 Å². The van der Waals surface area contributed by atoms with Gasteiger partial charge in [0.1, 0.15) is 0 Å². The number of amides is 2. The van der Waals surface area contributed by atoms with Gasteiger partial charge in [0, 0.05) is 43.4 Å². The van der Waals surface area contributed by atoms with Crippen molar-refractivity contribution in [2.75, 3.05) is 44.9 Å². The average Bonchev–Trinajstić information content (AvgIpc) is 3.01. The van der Waals surface area contributed by atoms with Crippen LogP contribution in [0, 0.1) is 0 Å². The summed E-state index contributed by atoms with van der Waals surface area (Å²) in [6.07, 6.45) is 2.84. The second-order valence-electron chi connectivity index (χ2n) is 5.44. The zero-order valence-electron chi connectivity index (χ0n) is 13.5. The Morgan fingerprint density at radius 2 is 2.04 bits per heavy atom. The molecule has 1 aromatic carbocycles. The molecule has 1 saturated heterocycles. The first kappa shape index (κ1) is 17.8. The van der Waals surface area contributed by atoms with Crippen LogP contribution in [0.5, 0.6) is 0 Å². The van der Waals surface area contributed by atoms with E-state index in [1.54, 1.807) is 31.0 Å². The van der Waals surface area contributed by atoms with Gasteiger partial charge in [0.05, 0.1) is 6.61 Å². The van der Waals surface area contributed by atoms with E-state index >= 15 is 0 Å². The maximum atomic E-state index is 12.0. The first-order valence-corrected chi connectivity index (χ1v) is 8.82. The molecule has 2 N–H and O–H groups in total. The highest BCUT2D eigenvalue weighted by Gasteiger charge is 2.25. The zero-order valence-corrected chi connectivity index (χ0v) is 14.3. The van der Waals surface area contributed by atoms with Crippen LogP contribution in [0.25, 0.3) is 0 Å². The maximum Gasteiger partial charge on any atom is 0.313 e. The van der Waals surface area contributed by atoms with Crippen LogP contribution in [-0.2, 0) is 14.3 Å². The van der Waals surface area contributed by atoms with Crippen molar-refractivity contribution in [2.24, 2.45) is 0 Å². The van der Waals surface area contributed by atoms with E-state index in [-0.39, 0.29) is 6.04 Å². The number of carbonyl (C=O) groups excluding carboxylic acids is 2. The molecule has 126 valence electrons. The monoisotopic (exact) mass is 337 g/mol. The molecular weight excluding hydrogens is 314 g/mol. The third-order valence-corrected chi connectivity index (χ3v) is 4.52. The molecule has 0 aromatic heterocycles. The quantitative estimate of drug-likeness (QED) is 0.603. The minimum atomic E-state index is -0.628. The van der Waals surface area contributed by atoms with Gasteiger partial charge in [-0.1, -0.05) is 0 Å². The fourth-order valence-electron chi connectivity index (χ4n) is 2.49. The number of anilines is 1. The molecule has 23 heavy (non-hydrogen) atoms. The van der Waals surface area contributed by atoms with Gasteiger partial charge in [0.25, 0.3) is 0 Å². The number of thioether (sulfide) groups is 1. The molecule has 0 spiro atoms. The van der Waals surface area contributed by atoms with Crippen LogP contribution in [0.1, 0.15) is 6.42 Å². The van der Waals surface area contributed by atoms with Crippen molar-refractivity contribution >= 4 is 29.3 Å². The number of ether oxygens (including phenoxy) is 1. The van der Waals surface area contributed by atoms with E-state index in [2.05, 4.69) is 15.5 Å². The molecule has 2 amide bonds. The third-order valence-electron chi connectivity index (χ3n) is 3.77. The topological polar surface area (TPSA) is 70.7 Å².